The number of aromatic nitrogens is 3. The fourth-order valence-corrected chi connectivity index (χ4v) is 6.58. The van der Waals surface area contributed by atoms with Crippen LogP contribution in [0.2, 0.25) is 0 Å². The molecule has 0 unspecified atom stereocenters. The zero-order valence-corrected chi connectivity index (χ0v) is 23.2. The van der Waals surface area contributed by atoms with E-state index in [0.717, 1.165) is 46.9 Å². The van der Waals surface area contributed by atoms with E-state index in [2.05, 4.69) is 49.8 Å². The average Bonchev–Trinajstić information content (AvgIpc) is 3.32. The number of thioether (sulfide) groups is 1. The monoisotopic (exact) mass is 521 g/mol. The molecule has 0 amide bonds. The normalized spacial score (nSPS) is 17.8. The summed E-state index contributed by atoms with van der Waals surface area (Å²) in [6.45, 7) is 5.81. The Balaban J connectivity index is 1.05. The van der Waals surface area contributed by atoms with Gasteiger partial charge in [0.25, 0.3) is 0 Å². The van der Waals surface area contributed by atoms with Crippen molar-refractivity contribution in [3.63, 3.8) is 0 Å². The molecule has 2 aliphatic heterocycles. The molecule has 8 heteroatoms. The van der Waals surface area contributed by atoms with E-state index in [0.29, 0.717) is 5.41 Å². The molecule has 5 rings (SSSR count). The maximum absolute atomic E-state index is 5.66. The summed E-state index contributed by atoms with van der Waals surface area (Å²) >= 11 is 1.82. The molecule has 37 heavy (non-hydrogen) atoms. The number of nitrogens with zero attached hydrogens (tertiary/aromatic N) is 5. The topological polar surface area (TPSA) is 55.7 Å². The van der Waals surface area contributed by atoms with Gasteiger partial charge in [-0.25, -0.2) is 0 Å². The van der Waals surface area contributed by atoms with Gasteiger partial charge in [0.05, 0.1) is 19.9 Å². The van der Waals surface area contributed by atoms with Gasteiger partial charge in [0.1, 0.15) is 11.5 Å². The van der Waals surface area contributed by atoms with E-state index in [1.54, 1.807) is 14.2 Å². The lowest BCUT2D eigenvalue weighted by molar-refractivity contribution is 0.0801. The highest BCUT2D eigenvalue weighted by Crippen LogP contribution is 2.44. The summed E-state index contributed by atoms with van der Waals surface area (Å²) in [7, 11) is 5.50. The Morgan fingerprint density at radius 3 is 2.32 bits per heavy atom. The minimum Gasteiger partial charge on any atom is -0.497 e. The molecule has 2 saturated heterocycles. The minimum atomic E-state index is 0.508. The molecule has 2 aliphatic rings. The molecule has 0 bridgehead atoms. The highest BCUT2D eigenvalue weighted by atomic mass is 32.2. The molecule has 0 N–H and O–H groups in total. The number of ether oxygens (including phenoxy) is 2. The Hall–Kier alpha value is -2.71. The number of likely N-dealkylation sites (tertiary alicyclic amines) is 1. The lowest BCUT2D eigenvalue weighted by Crippen LogP contribution is -2.47. The van der Waals surface area contributed by atoms with Crippen molar-refractivity contribution in [3.8, 4) is 22.9 Å². The van der Waals surface area contributed by atoms with E-state index in [4.69, 9.17) is 9.47 Å². The fraction of sp³-hybridized carbons (Fsp3) is 0.517. The average molecular weight is 522 g/mol. The minimum absolute atomic E-state index is 0.508. The second kappa shape index (κ2) is 11.8. The molecule has 1 spiro atoms. The van der Waals surface area contributed by atoms with E-state index < -0.39 is 0 Å². The van der Waals surface area contributed by atoms with E-state index in [1.807, 2.05) is 42.1 Å². The quantitative estimate of drug-likeness (QED) is 0.277. The smallest absolute Gasteiger partial charge is 0.191 e. The number of benzene rings is 2. The molecule has 0 radical (unpaired) electrons. The van der Waals surface area contributed by atoms with Crippen LogP contribution in [0.1, 0.15) is 32.1 Å². The molecular formula is C29H39N5O2S. The summed E-state index contributed by atoms with van der Waals surface area (Å²) in [6.07, 6.45) is 6.34. The molecule has 198 valence electrons. The molecular weight excluding hydrogens is 482 g/mol. The van der Waals surface area contributed by atoms with Gasteiger partial charge in [0.15, 0.2) is 11.0 Å². The highest BCUT2D eigenvalue weighted by molar-refractivity contribution is 7.99. The van der Waals surface area contributed by atoms with Crippen LogP contribution >= 0.6 is 11.8 Å². The molecule has 0 saturated carbocycles. The SMILES string of the molecule is COc1ccc(N2CCC3(CCN(CCCSc4nnc(-c5ccccc5)n4C)CC3)CC2)c(OC)c1. The maximum Gasteiger partial charge on any atom is 0.191 e. The summed E-state index contributed by atoms with van der Waals surface area (Å²) in [5, 5.41) is 9.83. The van der Waals surface area contributed by atoms with Crippen LogP contribution in [0, 0.1) is 5.41 Å². The molecule has 3 heterocycles. The van der Waals surface area contributed by atoms with Gasteiger partial charge in [-0.05, 0) is 69.3 Å². The van der Waals surface area contributed by atoms with E-state index >= 15 is 0 Å². The van der Waals surface area contributed by atoms with Gasteiger partial charge in [0.2, 0.25) is 0 Å². The maximum atomic E-state index is 5.66. The molecule has 0 atom stereocenters. The van der Waals surface area contributed by atoms with Gasteiger partial charge in [-0.15, -0.1) is 10.2 Å². The standard InChI is InChI=1S/C29H39N5O2S/c1-32-27(23-8-5-4-6-9-23)30-31-28(32)37-21-7-16-33-17-12-29(13-18-33)14-19-34(20-15-29)25-11-10-24(35-2)22-26(25)36-3/h4-6,8-11,22H,7,12-21H2,1-3H3. The fourth-order valence-electron chi connectivity index (χ4n) is 5.75. The predicted octanol–water partition coefficient (Wildman–Crippen LogP) is 5.36. The number of anilines is 1. The van der Waals surface area contributed by atoms with Crippen LogP contribution in [-0.2, 0) is 7.05 Å². The summed E-state index contributed by atoms with van der Waals surface area (Å²) in [6, 6.07) is 16.4. The number of piperidine rings is 2. The van der Waals surface area contributed by atoms with Crippen molar-refractivity contribution in [2.45, 2.75) is 37.3 Å². The van der Waals surface area contributed by atoms with Crippen molar-refractivity contribution < 1.29 is 9.47 Å². The zero-order valence-electron chi connectivity index (χ0n) is 22.4. The lowest BCUT2D eigenvalue weighted by atomic mass is 9.71. The first-order valence-electron chi connectivity index (χ1n) is 13.4. The summed E-state index contributed by atoms with van der Waals surface area (Å²) in [4.78, 5) is 5.15. The van der Waals surface area contributed by atoms with Gasteiger partial charge in [-0.1, -0.05) is 42.1 Å². The molecule has 7 nitrogen and oxygen atoms in total. The van der Waals surface area contributed by atoms with Crippen LogP contribution in [-0.4, -0.2) is 72.4 Å². The zero-order chi connectivity index (χ0) is 25.7. The molecule has 3 aromatic rings. The van der Waals surface area contributed by atoms with Crippen LogP contribution in [0.5, 0.6) is 11.5 Å². The van der Waals surface area contributed by atoms with Crippen LogP contribution in [0.3, 0.4) is 0 Å². The second-order valence-electron chi connectivity index (χ2n) is 10.3. The second-order valence-corrected chi connectivity index (χ2v) is 11.4. The number of methoxy groups -OCH3 is 2. The van der Waals surface area contributed by atoms with Crippen molar-refractivity contribution in [2.24, 2.45) is 12.5 Å². The van der Waals surface area contributed by atoms with E-state index in [9.17, 15) is 0 Å². The largest absolute Gasteiger partial charge is 0.497 e. The third-order valence-corrected chi connectivity index (χ3v) is 9.29. The van der Waals surface area contributed by atoms with Crippen molar-refractivity contribution in [3.05, 3.63) is 48.5 Å². The first-order valence-corrected chi connectivity index (χ1v) is 14.4. The van der Waals surface area contributed by atoms with Crippen molar-refractivity contribution in [1.29, 1.82) is 0 Å². The van der Waals surface area contributed by atoms with E-state index in [-0.39, 0.29) is 0 Å². The summed E-state index contributed by atoms with van der Waals surface area (Å²) < 4.78 is 13.1. The third-order valence-electron chi connectivity index (χ3n) is 8.19. The predicted molar refractivity (Wildman–Crippen MR) is 151 cm³/mol. The molecule has 2 aromatic carbocycles. The van der Waals surface area contributed by atoms with Gasteiger partial charge in [0, 0.05) is 37.5 Å². The third kappa shape index (κ3) is 5.91. The van der Waals surface area contributed by atoms with Crippen molar-refractivity contribution >= 4 is 17.4 Å². The Morgan fingerprint density at radius 2 is 1.62 bits per heavy atom. The lowest BCUT2D eigenvalue weighted by Gasteiger charge is -2.47. The summed E-state index contributed by atoms with van der Waals surface area (Å²) in [5.41, 5.74) is 2.81. The number of rotatable bonds is 9. The van der Waals surface area contributed by atoms with Gasteiger partial charge < -0.3 is 23.8 Å². The Labute approximate surface area is 225 Å². The molecule has 1 aromatic heterocycles. The van der Waals surface area contributed by atoms with E-state index in [1.165, 1.54) is 57.4 Å². The van der Waals surface area contributed by atoms with Crippen LogP contribution in [0.4, 0.5) is 5.69 Å². The Bertz CT molecular complexity index is 1150. The van der Waals surface area contributed by atoms with Crippen molar-refractivity contribution in [2.75, 3.05) is 57.6 Å². The highest BCUT2D eigenvalue weighted by Gasteiger charge is 2.37. The first-order chi connectivity index (χ1) is 18.1. The number of hydrogen-bond acceptors (Lipinski definition) is 7. The number of hydrogen-bond donors (Lipinski definition) is 0. The van der Waals surface area contributed by atoms with Crippen LogP contribution < -0.4 is 14.4 Å². The van der Waals surface area contributed by atoms with Crippen LogP contribution in [0.15, 0.2) is 53.7 Å². The van der Waals surface area contributed by atoms with Gasteiger partial charge >= 0.3 is 0 Å². The Kier molecular flexibility index (Phi) is 8.25. The molecule has 0 aliphatic carbocycles. The Morgan fingerprint density at radius 1 is 0.892 bits per heavy atom. The molecule has 2 fully saturated rings. The van der Waals surface area contributed by atoms with Gasteiger partial charge in [-0.3, -0.25) is 0 Å². The van der Waals surface area contributed by atoms with Crippen molar-refractivity contribution in [1.82, 2.24) is 19.7 Å². The first kappa shape index (κ1) is 25.9. The van der Waals surface area contributed by atoms with Crippen LogP contribution in [0.25, 0.3) is 11.4 Å². The summed E-state index contributed by atoms with van der Waals surface area (Å²) in [5.74, 6) is 3.75. The van der Waals surface area contributed by atoms with Gasteiger partial charge in [-0.2, -0.15) is 0 Å².